The zero-order valence-electron chi connectivity index (χ0n) is 20.9. The number of thiazole rings is 1. The van der Waals surface area contributed by atoms with Gasteiger partial charge in [0.15, 0.2) is 0 Å². The van der Waals surface area contributed by atoms with Crippen LogP contribution in [-0.2, 0) is 23.0 Å². The van der Waals surface area contributed by atoms with Crippen molar-refractivity contribution in [2.45, 2.75) is 13.2 Å². The molecule has 0 aliphatic carbocycles. The maximum atomic E-state index is 11.3. The number of allylic oxidation sites excluding steroid dienone is 2. The summed E-state index contributed by atoms with van der Waals surface area (Å²) in [7, 11) is -2.98. The number of benzene rings is 2. The molecule has 3 heterocycles. The number of fused-ring (bicyclic) bond motifs is 1. The molecule has 0 fully saturated rings. The zero-order valence-corrected chi connectivity index (χ0v) is 22.6. The summed E-state index contributed by atoms with van der Waals surface area (Å²) in [6.07, 6.45) is 11.2. The van der Waals surface area contributed by atoms with E-state index in [1.807, 2.05) is 89.6 Å². The summed E-state index contributed by atoms with van der Waals surface area (Å²) in [4.78, 5) is 6.70. The van der Waals surface area contributed by atoms with Gasteiger partial charge in [0, 0.05) is 66.4 Å². The molecule has 5 rings (SSSR count). The van der Waals surface area contributed by atoms with Crippen molar-refractivity contribution >= 4 is 32.7 Å². The molecule has 196 valence electrons. The number of hydrogen-bond donors (Lipinski definition) is 3. The Bertz CT molecular complexity index is 1490. The number of nitrogens with zero attached hydrogens (tertiary/aromatic N) is 2. The topological polar surface area (TPSA) is 95.6 Å². The van der Waals surface area contributed by atoms with E-state index in [4.69, 9.17) is 9.72 Å². The Balaban J connectivity index is 1.21. The molecule has 0 unspecified atom stereocenters. The molecule has 8 nitrogen and oxygen atoms in total. The van der Waals surface area contributed by atoms with Gasteiger partial charge in [0.2, 0.25) is 0 Å². The molecule has 0 bridgehead atoms. The number of nitrogens with one attached hydrogen (secondary N) is 3. The maximum absolute atomic E-state index is 11.3. The van der Waals surface area contributed by atoms with Crippen molar-refractivity contribution in [1.82, 2.24) is 15.6 Å². The maximum Gasteiger partial charge on any atom is 0.148 e. The third-order valence-electron chi connectivity index (χ3n) is 5.86. The van der Waals surface area contributed by atoms with Crippen molar-refractivity contribution in [3.05, 3.63) is 118 Å². The molecule has 0 saturated heterocycles. The van der Waals surface area contributed by atoms with Gasteiger partial charge in [0.05, 0.1) is 11.4 Å². The molecule has 0 saturated carbocycles. The number of rotatable bonds is 11. The first kappa shape index (κ1) is 25.8. The van der Waals surface area contributed by atoms with Gasteiger partial charge in [0.1, 0.15) is 33.0 Å². The van der Waals surface area contributed by atoms with E-state index >= 15 is 0 Å². The normalized spacial score (nSPS) is 14.7. The summed E-state index contributed by atoms with van der Waals surface area (Å²) in [6.45, 7) is 1.46. The highest BCUT2D eigenvalue weighted by atomic mass is 32.2. The van der Waals surface area contributed by atoms with Gasteiger partial charge in [-0.15, -0.1) is 11.3 Å². The molecule has 2 aromatic carbocycles. The van der Waals surface area contributed by atoms with E-state index in [0.717, 1.165) is 44.7 Å². The van der Waals surface area contributed by atoms with Crippen molar-refractivity contribution in [2.75, 3.05) is 28.8 Å². The first-order valence-electron chi connectivity index (χ1n) is 12.2. The first-order valence-corrected chi connectivity index (χ1v) is 15.1. The van der Waals surface area contributed by atoms with E-state index in [2.05, 4.69) is 22.2 Å². The molecule has 3 N–H and O–H groups in total. The standard InChI is InChI=1S/C28H29N5O3S2/c1-38(34,35)14-12-29-17-28-32-27(20-37-28)33-13-11-22-15-30-16-26(25(22)18-33)31-23-7-9-24(10-8-23)36-19-21-5-3-2-4-6-21/h2-11,13,15-16,18,20,29-31H,12,14,17,19H2,1H3. The van der Waals surface area contributed by atoms with E-state index in [1.165, 1.54) is 6.26 Å². The van der Waals surface area contributed by atoms with Crippen molar-refractivity contribution in [3.63, 3.8) is 0 Å². The lowest BCUT2D eigenvalue weighted by Gasteiger charge is -2.26. The van der Waals surface area contributed by atoms with Crippen LogP contribution in [0.2, 0.25) is 0 Å². The third-order valence-corrected chi connectivity index (χ3v) is 7.64. The van der Waals surface area contributed by atoms with Gasteiger partial charge in [0.25, 0.3) is 0 Å². The van der Waals surface area contributed by atoms with Crippen molar-refractivity contribution < 1.29 is 13.2 Å². The summed E-state index contributed by atoms with van der Waals surface area (Å²) in [5.41, 5.74) is 5.12. The molecular weight excluding hydrogens is 518 g/mol. The predicted molar refractivity (Wildman–Crippen MR) is 153 cm³/mol. The lowest BCUT2D eigenvalue weighted by molar-refractivity contribution is 0.306. The Labute approximate surface area is 227 Å². The lowest BCUT2D eigenvalue weighted by Crippen LogP contribution is -2.22. The average molecular weight is 548 g/mol. The molecule has 1 aromatic heterocycles. The molecule has 38 heavy (non-hydrogen) atoms. The molecule has 0 amide bonds. The van der Waals surface area contributed by atoms with Gasteiger partial charge in [-0.2, -0.15) is 0 Å². The van der Waals surface area contributed by atoms with Crippen LogP contribution in [0, 0.1) is 0 Å². The van der Waals surface area contributed by atoms with Crippen molar-refractivity contribution in [1.29, 1.82) is 0 Å². The van der Waals surface area contributed by atoms with Crippen LogP contribution in [0.3, 0.4) is 0 Å². The highest BCUT2D eigenvalue weighted by Gasteiger charge is 2.19. The molecule has 0 spiro atoms. The van der Waals surface area contributed by atoms with Gasteiger partial charge in [-0.25, -0.2) is 13.4 Å². The Kier molecular flexibility index (Phi) is 7.92. The zero-order chi connectivity index (χ0) is 26.4. The van der Waals surface area contributed by atoms with E-state index in [0.29, 0.717) is 19.7 Å². The minimum Gasteiger partial charge on any atom is -0.489 e. The van der Waals surface area contributed by atoms with Crippen LogP contribution in [0.1, 0.15) is 10.6 Å². The number of dihydropyridines is 1. The summed E-state index contributed by atoms with van der Waals surface area (Å²) in [5, 5.41) is 12.8. The highest BCUT2D eigenvalue weighted by Crippen LogP contribution is 2.31. The molecule has 2 aliphatic heterocycles. The molecule has 10 heteroatoms. The molecule has 2 aliphatic rings. The van der Waals surface area contributed by atoms with Crippen LogP contribution in [0.25, 0.3) is 0 Å². The van der Waals surface area contributed by atoms with Crippen molar-refractivity contribution in [2.24, 2.45) is 0 Å². The smallest absolute Gasteiger partial charge is 0.148 e. The van der Waals surface area contributed by atoms with E-state index in [-0.39, 0.29) is 5.75 Å². The summed E-state index contributed by atoms with van der Waals surface area (Å²) < 4.78 is 28.5. The monoisotopic (exact) mass is 547 g/mol. The second-order valence-corrected chi connectivity index (χ2v) is 12.1. The SMILES string of the molecule is CS(=O)(=O)CCNCc1nc(N2C=CC3=CNC=C(Nc4ccc(OCc5ccccc5)cc4)C3=C2)cs1. The molecular formula is C28H29N5O3S2. The van der Waals surface area contributed by atoms with Crippen molar-refractivity contribution in [3.8, 4) is 5.75 Å². The van der Waals surface area contributed by atoms with Crippen LogP contribution in [0.5, 0.6) is 5.75 Å². The molecule has 0 radical (unpaired) electrons. The van der Waals surface area contributed by atoms with E-state index < -0.39 is 9.84 Å². The van der Waals surface area contributed by atoms with E-state index in [1.54, 1.807) is 11.3 Å². The third kappa shape index (κ3) is 6.91. The number of anilines is 2. The van der Waals surface area contributed by atoms with Gasteiger partial charge in [-0.1, -0.05) is 30.3 Å². The van der Waals surface area contributed by atoms with Crippen LogP contribution in [-0.4, -0.2) is 32.0 Å². The number of aromatic nitrogens is 1. The molecule has 0 atom stereocenters. The Morgan fingerprint density at radius 2 is 1.89 bits per heavy atom. The summed E-state index contributed by atoms with van der Waals surface area (Å²) in [6, 6.07) is 18.0. The second kappa shape index (κ2) is 11.7. The summed E-state index contributed by atoms with van der Waals surface area (Å²) >= 11 is 1.54. The Morgan fingerprint density at radius 3 is 2.68 bits per heavy atom. The van der Waals surface area contributed by atoms with Crippen LogP contribution < -0.4 is 25.6 Å². The Morgan fingerprint density at radius 1 is 1.08 bits per heavy atom. The lowest BCUT2D eigenvalue weighted by atomic mass is 10.0. The Hall–Kier alpha value is -3.86. The predicted octanol–water partition coefficient (Wildman–Crippen LogP) is 4.51. The molecule has 3 aromatic rings. The first-order chi connectivity index (χ1) is 18.4. The fourth-order valence-corrected chi connectivity index (χ4v) is 5.14. The van der Waals surface area contributed by atoms with Gasteiger partial charge in [-0.05, 0) is 35.9 Å². The fourth-order valence-electron chi connectivity index (χ4n) is 3.88. The fraction of sp³-hybridized carbons (Fsp3) is 0.179. The second-order valence-electron chi connectivity index (χ2n) is 8.92. The summed E-state index contributed by atoms with van der Waals surface area (Å²) in [5.74, 6) is 1.74. The number of hydrogen-bond acceptors (Lipinski definition) is 9. The largest absolute Gasteiger partial charge is 0.489 e. The van der Waals surface area contributed by atoms with E-state index in [9.17, 15) is 8.42 Å². The van der Waals surface area contributed by atoms with Gasteiger partial charge in [-0.3, -0.25) is 0 Å². The average Bonchev–Trinajstić information content (AvgIpc) is 3.40. The number of ether oxygens (including phenoxy) is 1. The minimum atomic E-state index is -2.98. The highest BCUT2D eigenvalue weighted by molar-refractivity contribution is 7.90. The van der Waals surface area contributed by atoms with Gasteiger partial charge >= 0.3 is 0 Å². The van der Waals surface area contributed by atoms with Crippen LogP contribution in [0.4, 0.5) is 11.5 Å². The minimum absolute atomic E-state index is 0.112. The number of sulfone groups is 1. The quantitative estimate of drug-likeness (QED) is 0.302. The van der Waals surface area contributed by atoms with Crippen LogP contribution >= 0.6 is 11.3 Å². The van der Waals surface area contributed by atoms with Gasteiger partial charge < -0.3 is 25.6 Å². The van der Waals surface area contributed by atoms with Crippen LogP contribution in [0.15, 0.2) is 108 Å².